The first-order valence-corrected chi connectivity index (χ1v) is 24.3. The average Bonchev–Trinajstić information content (AvgIpc) is 3.17. The molecule has 0 heterocycles. The Labute approximate surface area is 342 Å². The number of hydrogen-bond donors (Lipinski definition) is 0. The number of hydrogen-bond acceptors (Lipinski definition) is 6. The molecule has 1 unspecified atom stereocenters. The second-order valence-electron chi connectivity index (χ2n) is 17.5. The fraction of sp³-hybridized carbons (Fsp3) is 0.939. The van der Waals surface area contributed by atoms with Crippen molar-refractivity contribution in [1.82, 2.24) is 0 Å². The van der Waals surface area contributed by atoms with Crippen molar-refractivity contribution < 1.29 is 28.6 Å². The molecule has 0 aromatic heterocycles. The van der Waals surface area contributed by atoms with E-state index in [2.05, 4.69) is 34.6 Å². The summed E-state index contributed by atoms with van der Waals surface area (Å²) in [5.74, 6) is 0.772. The van der Waals surface area contributed by atoms with E-state index in [1.165, 1.54) is 154 Å². The van der Waals surface area contributed by atoms with Crippen molar-refractivity contribution in [2.24, 2.45) is 11.8 Å². The second-order valence-corrected chi connectivity index (χ2v) is 17.5. The Bertz CT molecular complexity index is 841. The highest BCUT2D eigenvalue weighted by molar-refractivity contribution is 5.71. The zero-order valence-electron chi connectivity index (χ0n) is 37.6. The van der Waals surface area contributed by atoms with Crippen LogP contribution < -0.4 is 0 Å². The molecule has 6 heteroatoms. The molecule has 55 heavy (non-hydrogen) atoms. The van der Waals surface area contributed by atoms with Crippen LogP contribution in [0.25, 0.3) is 0 Å². The second kappa shape index (κ2) is 42.0. The Kier molecular flexibility index (Phi) is 40.8. The lowest BCUT2D eigenvalue weighted by molar-refractivity contribution is -0.167. The summed E-state index contributed by atoms with van der Waals surface area (Å²) < 4.78 is 16.7. The summed E-state index contributed by atoms with van der Waals surface area (Å²) >= 11 is 0. The molecular weight excluding hydrogens is 685 g/mol. The smallest absolute Gasteiger partial charge is 0.306 e. The number of ether oxygens (including phenoxy) is 3. The van der Waals surface area contributed by atoms with Crippen LogP contribution in [0.1, 0.15) is 266 Å². The lowest BCUT2D eigenvalue weighted by Crippen LogP contribution is -2.30. The number of esters is 3. The van der Waals surface area contributed by atoms with Crippen molar-refractivity contribution in [2.45, 2.75) is 272 Å². The molecule has 6 nitrogen and oxygen atoms in total. The van der Waals surface area contributed by atoms with Crippen molar-refractivity contribution in [3.8, 4) is 0 Å². The maximum absolute atomic E-state index is 12.7. The van der Waals surface area contributed by atoms with Gasteiger partial charge in [0.2, 0.25) is 0 Å². The van der Waals surface area contributed by atoms with Crippen LogP contribution in [0.2, 0.25) is 0 Å². The van der Waals surface area contributed by atoms with Crippen LogP contribution in [-0.2, 0) is 28.6 Å². The molecule has 0 amide bonds. The fourth-order valence-corrected chi connectivity index (χ4v) is 7.25. The topological polar surface area (TPSA) is 78.9 Å². The van der Waals surface area contributed by atoms with E-state index >= 15 is 0 Å². The van der Waals surface area contributed by atoms with Gasteiger partial charge in [-0.3, -0.25) is 14.4 Å². The predicted octanol–water partition coefficient (Wildman–Crippen LogP) is 15.4. The number of carbonyl (C=O) groups excluding carboxylic acids is 3. The third-order valence-electron chi connectivity index (χ3n) is 11.3. The van der Waals surface area contributed by atoms with Gasteiger partial charge in [-0.05, 0) is 31.1 Å². The summed E-state index contributed by atoms with van der Waals surface area (Å²) in [5.41, 5.74) is 0. The van der Waals surface area contributed by atoms with Crippen molar-refractivity contribution >= 4 is 17.9 Å². The molecule has 0 aliphatic carbocycles. The van der Waals surface area contributed by atoms with Crippen LogP contribution in [-0.4, -0.2) is 37.2 Å². The highest BCUT2D eigenvalue weighted by atomic mass is 16.6. The number of rotatable bonds is 43. The van der Waals surface area contributed by atoms with Gasteiger partial charge in [-0.15, -0.1) is 0 Å². The van der Waals surface area contributed by atoms with E-state index in [9.17, 15) is 14.4 Å². The maximum Gasteiger partial charge on any atom is 0.306 e. The van der Waals surface area contributed by atoms with Gasteiger partial charge in [0, 0.05) is 19.3 Å². The molecular formula is C49H94O6. The summed E-state index contributed by atoms with van der Waals surface area (Å²) in [6, 6.07) is 0. The van der Waals surface area contributed by atoms with Gasteiger partial charge in [0.1, 0.15) is 13.2 Å². The molecule has 326 valence electrons. The van der Waals surface area contributed by atoms with Crippen LogP contribution >= 0.6 is 0 Å². The first-order chi connectivity index (χ1) is 26.8. The van der Waals surface area contributed by atoms with E-state index in [0.717, 1.165) is 69.6 Å². The molecule has 0 fully saturated rings. The van der Waals surface area contributed by atoms with Crippen molar-refractivity contribution in [2.75, 3.05) is 13.2 Å². The van der Waals surface area contributed by atoms with Crippen LogP contribution in [0.3, 0.4) is 0 Å². The van der Waals surface area contributed by atoms with Gasteiger partial charge < -0.3 is 14.2 Å². The van der Waals surface area contributed by atoms with Gasteiger partial charge in [-0.2, -0.15) is 0 Å². The minimum atomic E-state index is -0.761. The molecule has 0 saturated carbocycles. The molecule has 0 spiro atoms. The Balaban J connectivity index is 4.31. The Morgan fingerprint density at radius 3 is 1.04 bits per heavy atom. The number of carbonyl (C=O) groups is 3. The largest absolute Gasteiger partial charge is 0.462 e. The van der Waals surface area contributed by atoms with Gasteiger partial charge in [-0.1, -0.05) is 227 Å². The van der Waals surface area contributed by atoms with E-state index in [4.69, 9.17) is 14.2 Å². The Morgan fingerprint density at radius 1 is 0.382 bits per heavy atom. The molecule has 0 aromatic rings. The number of unbranched alkanes of at least 4 members (excludes halogenated alkanes) is 27. The first-order valence-electron chi connectivity index (χ1n) is 24.3. The van der Waals surface area contributed by atoms with Crippen LogP contribution in [0, 0.1) is 11.8 Å². The summed E-state index contributed by atoms with van der Waals surface area (Å²) in [5, 5.41) is 0. The summed E-state index contributed by atoms with van der Waals surface area (Å²) in [6.45, 7) is 11.3. The minimum absolute atomic E-state index is 0.0651. The normalized spacial score (nSPS) is 12.5. The van der Waals surface area contributed by atoms with Gasteiger partial charge in [0.05, 0.1) is 0 Å². The van der Waals surface area contributed by atoms with Gasteiger partial charge >= 0.3 is 17.9 Å². The van der Waals surface area contributed by atoms with Gasteiger partial charge in [0.25, 0.3) is 0 Å². The molecule has 0 aromatic carbocycles. The Morgan fingerprint density at radius 2 is 0.691 bits per heavy atom. The lowest BCUT2D eigenvalue weighted by Gasteiger charge is -2.18. The third kappa shape index (κ3) is 41.9. The van der Waals surface area contributed by atoms with Crippen molar-refractivity contribution in [1.29, 1.82) is 0 Å². The predicted molar refractivity (Wildman–Crippen MR) is 233 cm³/mol. The van der Waals surface area contributed by atoms with E-state index in [0.29, 0.717) is 19.3 Å². The Hall–Kier alpha value is -1.59. The minimum Gasteiger partial charge on any atom is -0.462 e. The SMILES string of the molecule is CCCCCCCCCCCCCCCCC(=O)OC[C@H](COC(=O)CCCCCCCCCCCCC(C)C)OC(=O)CCCCCCCCC(C)CC. The van der Waals surface area contributed by atoms with E-state index < -0.39 is 6.10 Å². The third-order valence-corrected chi connectivity index (χ3v) is 11.3. The highest BCUT2D eigenvalue weighted by Gasteiger charge is 2.19. The highest BCUT2D eigenvalue weighted by Crippen LogP contribution is 2.17. The summed E-state index contributed by atoms with van der Waals surface area (Å²) in [7, 11) is 0. The fourth-order valence-electron chi connectivity index (χ4n) is 7.25. The monoisotopic (exact) mass is 779 g/mol. The van der Waals surface area contributed by atoms with Crippen LogP contribution in [0.5, 0.6) is 0 Å². The zero-order valence-corrected chi connectivity index (χ0v) is 37.6. The maximum atomic E-state index is 12.7. The molecule has 0 N–H and O–H groups in total. The van der Waals surface area contributed by atoms with Crippen LogP contribution in [0.15, 0.2) is 0 Å². The molecule has 0 bridgehead atoms. The molecule has 0 saturated heterocycles. The first kappa shape index (κ1) is 53.4. The van der Waals surface area contributed by atoms with E-state index in [-0.39, 0.29) is 31.1 Å². The molecule has 0 aliphatic rings. The van der Waals surface area contributed by atoms with Crippen LogP contribution in [0.4, 0.5) is 0 Å². The molecule has 2 atom stereocenters. The summed E-state index contributed by atoms with van der Waals surface area (Å²) in [6.07, 6.45) is 40.9. The molecule has 0 aliphatic heterocycles. The van der Waals surface area contributed by atoms with Gasteiger partial charge in [0.15, 0.2) is 6.10 Å². The van der Waals surface area contributed by atoms with Crippen molar-refractivity contribution in [3.63, 3.8) is 0 Å². The average molecular weight is 779 g/mol. The van der Waals surface area contributed by atoms with E-state index in [1.807, 2.05) is 0 Å². The summed E-state index contributed by atoms with van der Waals surface area (Å²) in [4.78, 5) is 37.8. The van der Waals surface area contributed by atoms with Gasteiger partial charge in [-0.25, -0.2) is 0 Å². The standard InChI is InChI=1S/C49H94O6/c1-6-8-9-10-11-12-13-14-15-16-20-23-29-34-39-47(50)53-42-46(55-49(52)41-36-31-26-25-28-33-38-45(5)7-2)43-54-48(51)40-35-30-24-21-18-17-19-22-27-32-37-44(3)4/h44-46H,6-43H2,1-5H3/t45?,46-/m1/s1. The van der Waals surface area contributed by atoms with Crippen molar-refractivity contribution in [3.05, 3.63) is 0 Å². The molecule has 0 radical (unpaired) electrons. The zero-order chi connectivity index (χ0) is 40.5. The quantitative estimate of drug-likeness (QED) is 0.0348. The molecule has 0 rings (SSSR count). The lowest BCUT2D eigenvalue weighted by atomic mass is 10.00. The van der Waals surface area contributed by atoms with E-state index in [1.54, 1.807) is 0 Å².